The molecule has 2 unspecified atom stereocenters. The van der Waals surface area contributed by atoms with Crippen LogP contribution in [0.1, 0.15) is 29.8 Å². The van der Waals surface area contributed by atoms with E-state index in [4.69, 9.17) is 4.74 Å². The van der Waals surface area contributed by atoms with Gasteiger partial charge in [0.15, 0.2) is 0 Å². The van der Waals surface area contributed by atoms with E-state index in [1.54, 1.807) is 0 Å². The van der Waals surface area contributed by atoms with Gasteiger partial charge in [0.25, 0.3) is 0 Å². The minimum Gasteiger partial charge on any atom is -0.375 e. The second-order valence-electron chi connectivity index (χ2n) is 7.43. The molecule has 4 heterocycles. The van der Waals surface area contributed by atoms with Crippen molar-refractivity contribution in [3.63, 3.8) is 0 Å². The number of morpholine rings is 1. The van der Waals surface area contributed by atoms with Crippen LogP contribution in [-0.4, -0.2) is 58.2 Å². The summed E-state index contributed by atoms with van der Waals surface area (Å²) < 4.78 is 6.15. The third-order valence-electron chi connectivity index (χ3n) is 5.52. The first-order valence-electron chi connectivity index (χ1n) is 9.67. The molecule has 2 atom stereocenters. The van der Waals surface area contributed by atoms with Crippen molar-refractivity contribution in [3.8, 4) is 0 Å². The molecule has 138 valence electrons. The Morgan fingerprint density at radius 2 is 2.00 bits per heavy atom. The third-order valence-corrected chi connectivity index (χ3v) is 5.52. The number of pyridine rings is 2. The number of aromatic nitrogens is 2. The normalized spacial score (nSPS) is 24.8. The Labute approximate surface area is 156 Å². The number of nitrogens with zero attached hydrogens (tertiary/aromatic N) is 4. The van der Waals surface area contributed by atoms with Gasteiger partial charge in [-0.25, -0.2) is 0 Å². The predicted octanol–water partition coefficient (Wildman–Crippen LogP) is 2.65. The minimum atomic E-state index is 0.343. The molecular weight excluding hydrogens is 324 g/mol. The van der Waals surface area contributed by atoms with E-state index in [0.29, 0.717) is 12.1 Å². The topological polar surface area (TPSA) is 41.5 Å². The maximum Gasteiger partial charge on any atom is 0.0743 e. The van der Waals surface area contributed by atoms with Gasteiger partial charge in [0.2, 0.25) is 0 Å². The Morgan fingerprint density at radius 3 is 2.85 bits per heavy atom. The molecular formula is C21H28N4O. The van der Waals surface area contributed by atoms with Gasteiger partial charge in [-0.15, -0.1) is 0 Å². The van der Waals surface area contributed by atoms with Crippen molar-refractivity contribution in [3.05, 3.63) is 59.7 Å². The van der Waals surface area contributed by atoms with Crippen molar-refractivity contribution in [1.82, 2.24) is 19.8 Å². The monoisotopic (exact) mass is 352 g/mol. The first-order chi connectivity index (χ1) is 12.8. The average molecular weight is 352 g/mol. The molecule has 0 aliphatic carbocycles. The Bertz CT molecular complexity index is 708. The van der Waals surface area contributed by atoms with E-state index in [0.717, 1.165) is 57.9 Å². The zero-order valence-electron chi connectivity index (χ0n) is 15.6. The minimum absolute atomic E-state index is 0.343. The standard InChI is InChI=1S/C21H28N4O/c1-17-4-2-6-19(23-17)16-24-10-7-20-21(8-11-24)26-13-12-25(20)15-18-5-3-9-22-14-18/h2-6,9,14,20-21H,7-8,10-13,15-16H2,1H3. The molecule has 2 aromatic rings. The van der Waals surface area contributed by atoms with Gasteiger partial charge in [0.1, 0.15) is 0 Å². The highest BCUT2D eigenvalue weighted by Gasteiger charge is 2.34. The summed E-state index contributed by atoms with van der Waals surface area (Å²) in [6.07, 6.45) is 6.41. The van der Waals surface area contributed by atoms with Crippen molar-refractivity contribution < 1.29 is 4.74 Å². The Hall–Kier alpha value is -1.82. The second kappa shape index (κ2) is 8.25. The fraction of sp³-hybridized carbons (Fsp3) is 0.524. The smallest absolute Gasteiger partial charge is 0.0743 e. The van der Waals surface area contributed by atoms with Crippen LogP contribution in [0.3, 0.4) is 0 Å². The highest BCUT2D eigenvalue weighted by Crippen LogP contribution is 2.25. The fourth-order valence-corrected chi connectivity index (χ4v) is 4.21. The molecule has 2 aliphatic rings. The van der Waals surface area contributed by atoms with Gasteiger partial charge < -0.3 is 4.74 Å². The van der Waals surface area contributed by atoms with E-state index in [9.17, 15) is 0 Å². The number of fused-ring (bicyclic) bond motifs is 1. The Balaban J connectivity index is 1.40. The molecule has 4 rings (SSSR count). The molecule has 5 nitrogen and oxygen atoms in total. The van der Waals surface area contributed by atoms with Gasteiger partial charge >= 0.3 is 0 Å². The summed E-state index contributed by atoms with van der Waals surface area (Å²) >= 11 is 0. The maximum absolute atomic E-state index is 6.15. The van der Waals surface area contributed by atoms with Crippen LogP contribution in [0.15, 0.2) is 42.7 Å². The number of likely N-dealkylation sites (tertiary alicyclic amines) is 1. The van der Waals surface area contributed by atoms with Crippen LogP contribution in [0.5, 0.6) is 0 Å². The SMILES string of the molecule is Cc1cccc(CN2CCC3OCCN(Cc4cccnc4)C3CC2)n1. The van der Waals surface area contributed by atoms with Gasteiger partial charge in [-0.1, -0.05) is 12.1 Å². The van der Waals surface area contributed by atoms with Gasteiger partial charge in [-0.05, 0) is 43.5 Å². The molecule has 0 N–H and O–H groups in total. The lowest BCUT2D eigenvalue weighted by Crippen LogP contribution is -2.50. The fourth-order valence-electron chi connectivity index (χ4n) is 4.21. The zero-order chi connectivity index (χ0) is 17.8. The molecule has 0 aromatic carbocycles. The van der Waals surface area contributed by atoms with Crippen molar-refractivity contribution >= 4 is 0 Å². The Kier molecular flexibility index (Phi) is 5.58. The summed E-state index contributed by atoms with van der Waals surface area (Å²) in [6, 6.07) is 11.0. The first-order valence-corrected chi connectivity index (χ1v) is 9.67. The maximum atomic E-state index is 6.15. The first kappa shape index (κ1) is 17.6. The van der Waals surface area contributed by atoms with Crippen LogP contribution < -0.4 is 0 Å². The number of rotatable bonds is 4. The van der Waals surface area contributed by atoms with Gasteiger partial charge in [0.05, 0.1) is 18.4 Å². The Morgan fingerprint density at radius 1 is 1.08 bits per heavy atom. The second-order valence-corrected chi connectivity index (χ2v) is 7.43. The number of aryl methyl sites for hydroxylation is 1. The molecule has 26 heavy (non-hydrogen) atoms. The van der Waals surface area contributed by atoms with Crippen LogP contribution in [0.4, 0.5) is 0 Å². The molecule has 2 aliphatic heterocycles. The predicted molar refractivity (Wildman–Crippen MR) is 102 cm³/mol. The average Bonchev–Trinajstić information content (AvgIpc) is 2.86. The van der Waals surface area contributed by atoms with E-state index >= 15 is 0 Å². The van der Waals surface area contributed by atoms with Crippen molar-refractivity contribution in [1.29, 1.82) is 0 Å². The molecule has 2 aromatic heterocycles. The molecule has 0 amide bonds. The van der Waals surface area contributed by atoms with Gasteiger partial charge in [-0.2, -0.15) is 0 Å². The molecule has 5 heteroatoms. The summed E-state index contributed by atoms with van der Waals surface area (Å²) in [5.74, 6) is 0. The van der Waals surface area contributed by atoms with Crippen molar-refractivity contribution in [2.45, 2.75) is 45.0 Å². The summed E-state index contributed by atoms with van der Waals surface area (Å²) in [6.45, 7) is 7.99. The quantitative estimate of drug-likeness (QED) is 0.846. The lowest BCUT2D eigenvalue weighted by molar-refractivity contribution is -0.0747. The largest absolute Gasteiger partial charge is 0.375 e. The van der Waals surface area contributed by atoms with Crippen molar-refractivity contribution in [2.24, 2.45) is 0 Å². The molecule has 2 saturated heterocycles. The van der Waals surface area contributed by atoms with E-state index < -0.39 is 0 Å². The number of hydrogen-bond acceptors (Lipinski definition) is 5. The third kappa shape index (κ3) is 4.29. The summed E-state index contributed by atoms with van der Waals surface area (Å²) in [4.78, 5) is 14.1. The molecule has 2 fully saturated rings. The van der Waals surface area contributed by atoms with E-state index in [1.165, 1.54) is 11.3 Å². The van der Waals surface area contributed by atoms with E-state index in [1.807, 2.05) is 18.5 Å². The van der Waals surface area contributed by atoms with Gasteiger partial charge in [-0.3, -0.25) is 19.8 Å². The highest BCUT2D eigenvalue weighted by atomic mass is 16.5. The van der Waals surface area contributed by atoms with Crippen LogP contribution in [0, 0.1) is 6.92 Å². The summed E-state index contributed by atoms with van der Waals surface area (Å²) in [5, 5.41) is 0. The van der Waals surface area contributed by atoms with Gasteiger partial charge in [0, 0.05) is 56.9 Å². The molecule has 0 radical (unpaired) electrons. The van der Waals surface area contributed by atoms with E-state index in [2.05, 4.69) is 51.0 Å². The lowest BCUT2D eigenvalue weighted by atomic mass is 10.0. The van der Waals surface area contributed by atoms with Crippen molar-refractivity contribution in [2.75, 3.05) is 26.2 Å². The molecule has 0 saturated carbocycles. The summed E-state index contributed by atoms with van der Waals surface area (Å²) in [7, 11) is 0. The zero-order valence-corrected chi connectivity index (χ0v) is 15.6. The van der Waals surface area contributed by atoms with Crippen LogP contribution in [0.25, 0.3) is 0 Å². The highest BCUT2D eigenvalue weighted by molar-refractivity contribution is 5.10. The van der Waals surface area contributed by atoms with Crippen LogP contribution in [-0.2, 0) is 17.8 Å². The van der Waals surface area contributed by atoms with E-state index in [-0.39, 0.29) is 0 Å². The van der Waals surface area contributed by atoms with Crippen LogP contribution in [0.2, 0.25) is 0 Å². The number of ether oxygens (including phenoxy) is 1. The van der Waals surface area contributed by atoms with Crippen LogP contribution >= 0.6 is 0 Å². The number of hydrogen-bond donors (Lipinski definition) is 0. The lowest BCUT2D eigenvalue weighted by Gasteiger charge is -2.40. The summed E-state index contributed by atoms with van der Waals surface area (Å²) in [5.41, 5.74) is 3.55. The molecule has 0 spiro atoms. The molecule has 0 bridgehead atoms.